The highest BCUT2D eigenvalue weighted by Crippen LogP contribution is 2.26. The van der Waals surface area contributed by atoms with E-state index in [0.717, 1.165) is 5.92 Å². The molecule has 0 spiro atoms. The number of nitrogens with zero attached hydrogens (tertiary/aromatic N) is 1. The first-order chi connectivity index (χ1) is 6.86. The van der Waals surface area contributed by atoms with Crippen molar-refractivity contribution in [2.24, 2.45) is 0 Å². The van der Waals surface area contributed by atoms with E-state index in [1.807, 2.05) is 20.0 Å². The van der Waals surface area contributed by atoms with Gasteiger partial charge in [0.05, 0.1) is 0 Å². The van der Waals surface area contributed by atoms with E-state index in [1.165, 1.54) is 31.5 Å². The summed E-state index contributed by atoms with van der Waals surface area (Å²) in [5, 5.41) is 0. The maximum atomic E-state index is 3.12. The summed E-state index contributed by atoms with van der Waals surface area (Å²) in [4.78, 5) is 5.53. The van der Waals surface area contributed by atoms with Crippen molar-refractivity contribution < 1.29 is 0 Å². The molecule has 2 heteroatoms. The van der Waals surface area contributed by atoms with Crippen LogP contribution in [0.3, 0.4) is 0 Å². The Labute approximate surface area is 87.3 Å². The van der Waals surface area contributed by atoms with E-state index in [9.17, 15) is 0 Å². The number of aromatic amines is 1. The molecule has 0 unspecified atom stereocenters. The molecular formula is C12H22N2. The Hall–Kier alpha value is -0.760. The lowest BCUT2D eigenvalue weighted by molar-refractivity contribution is 0.255. The Balaban J connectivity index is 0.000000461. The summed E-state index contributed by atoms with van der Waals surface area (Å²) in [5.74, 6) is 0.799. The van der Waals surface area contributed by atoms with Gasteiger partial charge in [-0.3, -0.25) is 0 Å². The van der Waals surface area contributed by atoms with E-state index < -0.39 is 0 Å². The lowest BCUT2D eigenvalue weighted by atomic mass is 9.92. The third-order valence-electron chi connectivity index (χ3n) is 2.81. The van der Waals surface area contributed by atoms with Crippen LogP contribution in [0, 0.1) is 0 Å². The van der Waals surface area contributed by atoms with Crippen molar-refractivity contribution in [1.29, 1.82) is 0 Å². The van der Waals surface area contributed by atoms with Crippen molar-refractivity contribution in [3.63, 3.8) is 0 Å². The van der Waals surface area contributed by atoms with Crippen LogP contribution in [0.4, 0.5) is 0 Å². The van der Waals surface area contributed by atoms with Gasteiger partial charge in [-0.1, -0.05) is 13.8 Å². The predicted octanol–water partition coefficient (Wildman–Crippen LogP) is 2.85. The third-order valence-corrected chi connectivity index (χ3v) is 2.81. The molecule has 1 saturated heterocycles. The van der Waals surface area contributed by atoms with E-state index >= 15 is 0 Å². The van der Waals surface area contributed by atoms with Gasteiger partial charge in [0.15, 0.2) is 0 Å². The molecule has 2 nitrogen and oxygen atoms in total. The van der Waals surface area contributed by atoms with Crippen molar-refractivity contribution >= 4 is 0 Å². The summed E-state index contributed by atoms with van der Waals surface area (Å²) in [7, 11) is 2.20. The zero-order valence-electron chi connectivity index (χ0n) is 9.59. The fourth-order valence-corrected chi connectivity index (χ4v) is 1.93. The molecule has 2 heterocycles. The molecule has 1 fully saturated rings. The lowest BCUT2D eigenvalue weighted by Gasteiger charge is -2.28. The van der Waals surface area contributed by atoms with Crippen LogP contribution in [0.15, 0.2) is 18.5 Å². The molecule has 1 aliphatic heterocycles. The summed E-state index contributed by atoms with van der Waals surface area (Å²) >= 11 is 0. The highest BCUT2D eigenvalue weighted by atomic mass is 15.1. The van der Waals surface area contributed by atoms with Gasteiger partial charge in [-0.05, 0) is 50.5 Å². The summed E-state index contributed by atoms with van der Waals surface area (Å²) in [6.07, 6.45) is 6.78. The minimum Gasteiger partial charge on any atom is -0.367 e. The minimum atomic E-state index is 0.799. The first-order valence-electron chi connectivity index (χ1n) is 5.67. The molecule has 0 aromatic carbocycles. The number of aromatic nitrogens is 1. The molecule has 1 aromatic rings. The van der Waals surface area contributed by atoms with Gasteiger partial charge in [0.2, 0.25) is 0 Å². The van der Waals surface area contributed by atoms with Gasteiger partial charge in [-0.25, -0.2) is 0 Å². The third kappa shape index (κ3) is 2.88. The normalized spacial score (nSPS) is 18.8. The van der Waals surface area contributed by atoms with E-state index in [-0.39, 0.29) is 0 Å². The summed E-state index contributed by atoms with van der Waals surface area (Å²) < 4.78 is 0. The second kappa shape index (κ2) is 5.86. The molecule has 0 aliphatic carbocycles. The maximum absolute atomic E-state index is 3.12. The summed E-state index contributed by atoms with van der Waals surface area (Å²) in [5.41, 5.74) is 1.49. The van der Waals surface area contributed by atoms with Crippen LogP contribution >= 0.6 is 0 Å². The van der Waals surface area contributed by atoms with Gasteiger partial charge < -0.3 is 9.88 Å². The topological polar surface area (TPSA) is 19.0 Å². The highest BCUT2D eigenvalue weighted by Gasteiger charge is 2.17. The van der Waals surface area contributed by atoms with Crippen LogP contribution in [0.5, 0.6) is 0 Å². The number of nitrogens with one attached hydrogen (secondary N) is 1. The molecular weight excluding hydrogens is 172 g/mol. The summed E-state index contributed by atoms with van der Waals surface area (Å²) in [6.45, 7) is 6.49. The molecule has 0 saturated carbocycles. The Morgan fingerprint density at radius 1 is 1.29 bits per heavy atom. The molecule has 0 atom stereocenters. The number of hydrogen-bond acceptors (Lipinski definition) is 1. The van der Waals surface area contributed by atoms with Crippen LogP contribution in [0.1, 0.15) is 38.2 Å². The highest BCUT2D eigenvalue weighted by molar-refractivity contribution is 5.15. The van der Waals surface area contributed by atoms with E-state index in [0.29, 0.717) is 0 Å². The minimum absolute atomic E-state index is 0.799. The average Bonchev–Trinajstić information content (AvgIpc) is 2.75. The quantitative estimate of drug-likeness (QED) is 0.728. The SMILES string of the molecule is CC.CN1CCC(c2cc[nH]c2)CC1. The van der Waals surface area contributed by atoms with Crippen molar-refractivity contribution in [2.45, 2.75) is 32.6 Å². The second-order valence-corrected chi connectivity index (χ2v) is 3.72. The zero-order valence-corrected chi connectivity index (χ0v) is 9.59. The molecule has 0 radical (unpaired) electrons. The van der Waals surface area contributed by atoms with Crippen LogP contribution < -0.4 is 0 Å². The Morgan fingerprint density at radius 3 is 2.43 bits per heavy atom. The zero-order chi connectivity index (χ0) is 10.4. The van der Waals surface area contributed by atoms with Crippen molar-refractivity contribution in [3.8, 4) is 0 Å². The maximum Gasteiger partial charge on any atom is 0.00401 e. The largest absolute Gasteiger partial charge is 0.367 e. The van der Waals surface area contributed by atoms with Crippen molar-refractivity contribution in [1.82, 2.24) is 9.88 Å². The predicted molar refractivity (Wildman–Crippen MR) is 61.6 cm³/mol. The van der Waals surface area contributed by atoms with Crippen LogP contribution in [-0.4, -0.2) is 30.0 Å². The number of hydrogen-bond donors (Lipinski definition) is 1. The Morgan fingerprint density at radius 2 is 1.93 bits per heavy atom. The molecule has 80 valence electrons. The van der Waals surface area contributed by atoms with Crippen LogP contribution in [0.2, 0.25) is 0 Å². The first-order valence-corrected chi connectivity index (χ1v) is 5.67. The number of H-pyrrole nitrogens is 1. The van der Waals surface area contributed by atoms with E-state index in [4.69, 9.17) is 0 Å². The molecule has 1 aromatic heterocycles. The van der Waals surface area contributed by atoms with Crippen LogP contribution in [0.25, 0.3) is 0 Å². The standard InChI is InChI=1S/C10H16N2.C2H6/c1-12-6-3-9(4-7-12)10-2-5-11-8-10;1-2/h2,5,8-9,11H,3-4,6-7H2,1H3;1-2H3. The van der Waals surface area contributed by atoms with Crippen molar-refractivity contribution in [2.75, 3.05) is 20.1 Å². The smallest absolute Gasteiger partial charge is 0.00401 e. The molecule has 0 amide bonds. The van der Waals surface area contributed by atoms with Gasteiger partial charge >= 0.3 is 0 Å². The Kier molecular flexibility index (Phi) is 4.74. The van der Waals surface area contributed by atoms with E-state index in [2.05, 4.69) is 29.2 Å². The molecule has 1 aliphatic rings. The van der Waals surface area contributed by atoms with Gasteiger partial charge in [0.25, 0.3) is 0 Å². The van der Waals surface area contributed by atoms with Gasteiger partial charge in [-0.15, -0.1) is 0 Å². The van der Waals surface area contributed by atoms with Crippen molar-refractivity contribution in [3.05, 3.63) is 24.0 Å². The molecule has 1 N–H and O–H groups in total. The van der Waals surface area contributed by atoms with Gasteiger partial charge in [0, 0.05) is 12.4 Å². The second-order valence-electron chi connectivity index (χ2n) is 3.72. The van der Waals surface area contributed by atoms with Crippen LogP contribution in [-0.2, 0) is 0 Å². The fourth-order valence-electron chi connectivity index (χ4n) is 1.93. The van der Waals surface area contributed by atoms with Gasteiger partial charge in [0.1, 0.15) is 0 Å². The Bertz CT molecular complexity index is 220. The monoisotopic (exact) mass is 194 g/mol. The summed E-state index contributed by atoms with van der Waals surface area (Å²) in [6, 6.07) is 2.20. The number of likely N-dealkylation sites (tertiary alicyclic amines) is 1. The van der Waals surface area contributed by atoms with E-state index in [1.54, 1.807) is 0 Å². The fraction of sp³-hybridized carbons (Fsp3) is 0.667. The van der Waals surface area contributed by atoms with Gasteiger partial charge in [-0.2, -0.15) is 0 Å². The number of piperidine rings is 1. The lowest BCUT2D eigenvalue weighted by Crippen LogP contribution is -2.29. The molecule has 0 bridgehead atoms. The molecule has 2 rings (SSSR count). The molecule has 14 heavy (non-hydrogen) atoms. The first kappa shape index (κ1) is 11.3. The number of rotatable bonds is 1. The average molecular weight is 194 g/mol.